The largest absolute Gasteiger partial charge is 0.441 e. The van der Waals surface area contributed by atoms with Crippen LogP contribution < -0.4 is 0 Å². The fraction of sp³-hybridized carbons (Fsp3) is 0.0588. The summed E-state index contributed by atoms with van der Waals surface area (Å²) in [6, 6.07) is 16.6. The Balaban J connectivity index is 2.09. The zero-order chi connectivity index (χ0) is 13.9. The molecule has 1 aromatic heterocycles. The average molecular weight is 263 g/mol. The molecule has 0 spiro atoms. The van der Waals surface area contributed by atoms with Crippen LogP contribution in [0.1, 0.15) is 21.7 Å². The molecule has 20 heavy (non-hydrogen) atoms. The molecule has 0 unspecified atom stereocenters. The lowest BCUT2D eigenvalue weighted by molar-refractivity contribution is 0.103. The normalized spacial score (nSPS) is 10.4. The summed E-state index contributed by atoms with van der Waals surface area (Å²) in [5.74, 6) is 1.17. The third-order valence-electron chi connectivity index (χ3n) is 3.06. The molecule has 3 aromatic rings. The minimum atomic E-state index is -0.0305. The second-order valence-corrected chi connectivity index (χ2v) is 4.52. The Bertz CT molecular complexity index is 744. The van der Waals surface area contributed by atoms with Crippen LogP contribution in [-0.4, -0.2) is 10.8 Å². The molecule has 3 rings (SSSR count). The molecule has 0 amide bonds. The van der Waals surface area contributed by atoms with Gasteiger partial charge in [-0.3, -0.25) is 4.79 Å². The van der Waals surface area contributed by atoms with Gasteiger partial charge >= 0.3 is 0 Å². The number of aryl methyl sites for hydroxylation is 1. The molecule has 0 saturated heterocycles. The first-order chi connectivity index (χ1) is 9.75. The topological polar surface area (TPSA) is 43.1 Å². The minimum absolute atomic E-state index is 0.0305. The van der Waals surface area contributed by atoms with Crippen molar-refractivity contribution in [2.75, 3.05) is 0 Å². The molecule has 0 atom stereocenters. The predicted octanol–water partition coefficient (Wildman–Crippen LogP) is 3.88. The number of oxazole rings is 1. The number of carbonyl (C=O) groups excluding carboxylic acids is 1. The summed E-state index contributed by atoms with van der Waals surface area (Å²) in [6.07, 6.45) is 1.65. The summed E-state index contributed by atoms with van der Waals surface area (Å²) < 4.78 is 5.53. The van der Waals surface area contributed by atoms with Gasteiger partial charge in [0.25, 0.3) is 0 Å². The van der Waals surface area contributed by atoms with E-state index in [0.717, 1.165) is 11.3 Å². The van der Waals surface area contributed by atoms with Crippen LogP contribution in [0.4, 0.5) is 0 Å². The van der Waals surface area contributed by atoms with Crippen LogP contribution >= 0.6 is 0 Å². The smallest absolute Gasteiger partial charge is 0.226 e. The highest BCUT2D eigenvalue weighted by atomic mass is 16.4. The lowest BCUT2D eigenvalue weighted by Crippen LogP contribution is -2.03. The van der Waals surface area contributed by atoms with E-state index in [1.165, 1.54) is 0 Å². The number of hydrogen-bond donors (Lipinski definition) is 0. The van der Waals surface area contributed by atoms with Crippen molar-refractivity contribution in [3.05, 3.63) is 77.7 Å². The van der Waals surface area contributed by atoms with Gasteiger partial charge in [0.2, 0.25) is 5.89 Å². The van der Waals surface area contributed by atoms with E-state index in [1.807, 2.05) is 43.3 Å². The van der Waals surface area contributed by atoms with Crippen LogP contribution in [0, 0.1) is 6.92 Å². The zero-order valence-electron chi connectivity index (χ0n) is 11.0. The number of carbonyl (C=O) groups is 1. The van der Waals surface area contributed by atoms with Gasteiger partial charge in [-0.1, -0.05) is 48.5 Å². The van der Waals surface area contributed by atoms with Gasteiger partial charge in [0.05, 0.1) is 6.20 Å². The van der Waals surface area contributed by atoms with Gasteiger partial charge in [0.1, 0.15) is 5.76 Å². The number of rotatable bonds is 3. The molecule has 1 heterocycles. The first kappa shape index (κ1) is 12.4. The molecule has 0 saturated carbocycles. The molecule has 0 radical (unpaired) electrons. The van der Waals surface area contributed by atoms with E-state index >= 15 is 0 Å². The van der Waals surface area contributed by atoms with Crippen molar-refractivity contribution in [2.45, 2.75) is 6.92 Å². The van der Waals surface area contributed by atoms with Crippen LogP contribution in [-0.2, 0) is 0 Å². The van der Waals surface area contributed by atoms with Gasteiger partial charge in [-0.2, -0.15) is 0 Å². The van der Waals surface area contributed by atoms with Gasteiger partial charge < -0.3 is 4.42 Å². The highest BCUT2D eigenvalue weighted by Crippen LogP contribution is 2.25. The second-order valence-electron chi connectivity index (χ2n) is 4.52. The Labute approximate surface area is 116 Å². The molecule has 2 aromatic carbocycles. The molecule has 3 heteroatoms. The Morgan fingerprint density at radius 1 is 1.00 bits per heavy atom. The summed E-state index contributed by atoms with van der Waals surface area (Å²) >= 11 is 0. The lowest BCUT2D eigenvalue weighted by Gasteiger charge is -2.05. The average Bonchev–Trinajstić information content (AvgIpc) is 2.94. The van der Waals surface area contributed by atoms with E-state index in [2.05, 4.69) is 4.98 Å². The van der Waals surface area contributed by atoms with E-state index in [1.54, 1.807) is 24.4 Å². The van der Waals surface area contributed by atoms with Gasteiger partial charge in [-0.05, 0) is 13.0 Å². The monoisotopic (exact) mass is 263 g/mol. The number of benzene rings is 2. The molecular weight excluding hydrogens is 250 g/mol. The SMILES string of the molecule is Cc1cnc(-c2ccccc2C(=O)c2ccccc2)o1. The van der Waals surface area contributed by atoms with Crippen LogP contribution in [0.3, 0.4) is 0 Å². The molecule has 0 aliphatic carbocycles. The fourth-order valence-corrected chi connectivity index (χ4v) is 2.09. The quantitative estimate of drug-likeness (QED) is 0.673. The first-order valence-electron chi connectivity index (χ1n) is 6.37. The highest BCUT2D eigenvalue weighted by Gasteiger charge is 2.16. The minimum Gasteiger partial charge on any atom is -0.441 e. The third kappa shape index (κ3) is 2.26. The number of hydrogen-bond acceptors (Lipinski definition) is 3. The molecular formula is C17H13NO2. The molecule has 98 valence electrons. The van der Waals surface area contributed by atoms with E-state index in [0.29, 0.717) is 17.0 Å². The van der Waals surface area contributed by atoms with Crippen molar-refractivity contribution in [1.82, 2.24) is 4.98 Å². The maximum absolute atomic E-state index is 12.6. The maximum atomic E-state index is 12.6. The summed E-state index contributed by atoms with van der Waals surface area (Å²) in [5.41, 5.74) is 1.97. The van der Waals surface area contributed by atoms with E-state index in [9.17, 15) is 4.79 Å². The zero-order valence-corrected chi connectivity index (χ0v) is 11.0. The standard InChI is InChI=1S/C17H13NO2/c1-12-11-18-17(20-12)15-10-6-5-9-14(15)16(19)13-7-3-2-4-8-13/h2-11H,1H3. The van der Waals surface area contributed by atoms with Crippen LogP contribution in [0.5, 0.6) is 0 Å². The van der Waals surface area contributed by atoms with Crippen molar-refractivity contribution in [1.29, 1.82) is 0 Å². The Morgan fingerprint density at radius 2 is 1.70 bits per heavy atom. The van der Waals surface area contributed by atoms with Crippen LogP contribution in [0.2, 0.25) is 0 Å². The Kier molecular flexibility index (Phi) is 3.17. The van der Waals surface area contributed by atoms with Gasteiger partial charge in [-0.15, -0.1) is 0 Å². The van der Waals surface area contributed by atoms with E-state index in [-0.39, 0.29) is 5.78 Å². The Morgan fingerprint density at radius 3 is 2.40 bits per heavy atom. The number of aromatic nitrogens is 1. The van der Waals surface area contributed by atoms with Crippen molar-refractivity contribution >= 4 is 5.78 Å². The van der Waals surface area contributed by atoms with Crippen molar-refractivity contribution in [2.24, 2.45) is 0 Å². The molecule has 0 bridgehead atoms. The molecule has 3 nitrogen and oxygen atoms in total. The summed E-state index contributed by atoms with van der Waals surface area (Å²) in [5, 5.41) is 0. The van der Waals surface area contributed by atoms with Crippen molar-refractivity contribution < 1.29 is 9.21 Å². The molecule has 0 fully saturated rings. The Hall–Kier alpha value is -2.68. The number of ketones is 1. The number of nitrogens with zero attached hydrogens (tertiary/aromatic N) is 1. The third-order valence-corrected chi connectivity index (χ3v) is 3.06. The van der Waals surface area contributed by atoms with Gasteiger partial charge in [0, 0.05) is 16.7 Å². The molecule has 0 N–H and O–H groups in total. The van der Waals surface area contributed by atoms with E-state index < -0.39 is 0 Å². The summed E-state index contributed by atoms with van der Waals surface area (Å²) in [4.78, 5) is 16.8. The highest BCUT2D eigenvalue weighted by molar-refractivity contribution is 6.12. The second kappa shape index (κ2) is 5.13. The van der Waals surface area contributed by atoms with Crippen LogP contribution in [0.15, 0.2) is 65.2 Å². The first-order valence-corrected chi connectivity index (χ1v) is 6.37. The van der Waals surface area contributed by atoms with Crippen molar-refractivity contribution in [3.63, 3.8) is 0 Å². The fourth-order valence-electron chi connectivity index (χ4n) is 2.09. The lowest BCUT2D eigenvalue weighted by atomic mass is 9.98. The maximum Gasteiger partial charge on any atom is 0.226 e. The van der Waals surface area contributed by atoms with Gasteiger partial charge in [-0.25, -0.2) is 4.98 Å². The van der Waals surface area contributed by atoms with Crippen LogP contribution in [0.25, 0.3) is 11.5 Å². The predicted molar refractivity (Wildman–Crippen MR) is 76.6 cm³/mol. The van der Waals surface area contributed by atoms with E-state index in [4.69, 9.17) is 4.42 Å². The molecule has 0 aliphatic heterocycles. The van der Waals surface area contributed by atoms with Crippen molar-refractivity contribution in [3.8, 4) is 11.5 Å². The molecule has 0 aliphatic rings. The van der Waals surface area contributed by atoms with Gasteiger partial charge in [0.15, 0.2) is 5.78 Å². The summed E-state index contributed by atoms with van der Waals surface area (Å²) in [6.45, 7) is 1.83. The summed E-state index contributed by atoms with van der Waals surface area (Å²) in [7, 11) is 0.